The fourth-order valence-electron chi connectivity index (χ4n) is 3.29. The summed E-state index contributed by atoms with van der Waals surface area (Å²) in [5, 5.41) is 9.97. The predicted octanol–water partition coefficient (Wildman–Crippen LogP) is 3.54. The van der Waals surface area contributed by atoms with E-state index in [4.69, 9.17) is 0 Å². The van der Waals surface area contributed by atoms with Crippen LogP contribution in [0.1, 0.15) is 36.4 Å². The first-order valence-electron chi connectivity index (χ1n) is 8.05. The van der Waals surface area contributed by atoms with Crippen molar-refractivity contribution in [3.05, 3.63) is 71.0 Å². The maximum atomic E-state index is 14.1. The first-order chi connectivity index (χ1) is 11.9. The van der Waals surface area contributed by atoms with E-state index in [0.29, 0.717) is 5.56 Å². The maximum absolute atomic E-state index is 14.1. The van der Waals surface area contributed by atoms with E-state index in [2.05, 4.69) is 0 Å². The minimum absolute atomic E-state index is 0.0269. The number of halogens is 3. The summed E-state index contributed by atoms with van der Waals surface area (Å²) >= 11 is 0. The third-order valence-electron chi connectivity index (χ3n) is 4.60. The van der Waals surface area contributed by atoms with Crippen molar-refractivity contribution in [1.29, 1.82) is 0 Å². The molecule has 2 aromatic rings. The number of hydrogen-bond acceptors (Lipinski definition) is 2. The molecule has 0 aromatic heterocycles. The minimum Gasteiger partial charge on any atom is -0.391 e. The molecule has 1 N–H and O–H groups in total. The zero-order valence-corrected chi connectivity index (χ0v) is 13.6. The second-order valence-corrected chi connectivity index (χ2v) is 6.34. The zero-order chi connectivity index (χ0) is 18.1. The number of carbonyl (C=O) groups excluding carboxylic acids is 1. The normalized spacial score (nSPS) is 21.4. The number of rotatable bonds is 3. The summed E-state index contributed by atoms with van der Waals surface area (Å²) in [6.07, 6.45) is -0.696. The second-order valence-electron chi connectivity index (χ2n) is 6.34. The fourth-order valence-corrected chi connectivity index (χ4v) is 3.29. The molecule has 0 saturated carbocycles. The minimum atomic E-state index is -0.823. The summed E-state index contributed by atoms with van der Waals surface area (Å²) in [4.78, 5) is 14.2. The Bertz CT molecular complexity index is 796. The molecule has 1 aliphatic rings. The average Bonchev–Trinajstić information content (AvgIpc) is 2.97. The standard InChI is InChI=1S/C19H18F3NO2/c1-11(12-3-2-4-13(20)7-12)19(25)23-10-15(24)9-18(23)16-8-14(21)5-6-17(16)22/h2-8,11,15,18,24H,9-10H2,1H3. The molecule has 1 aliphatic heterocycles. The summed E-state index contributed by atoms with van der Waals surface area (Å²) in [5.41, 5.74) is 0.529. The molecule has 132 valence electrons. The van der Waals surface area contributed by atoms with Gasteiger partial charge in [-0.2, -0.15) is 0 Å². The molecule has 1 heterocycles. The molecule has 0 spiro atoms. The molecule has 3 nitrogen and oxygen atoms in total. The highest BCUT2D eigenvalue weighted by atomic mass is 19.1. The van der Waals surface area contributed by atoms with Gasteiger partial charge in [0.25, 0.3) is 0 Å². The van der Waals surface area contributed by atoms with Gasteiger partial charge in [0.2, 0.25) is 5.91 Å². The van der Waals surface area contributed by atoms with Gasteiger partial charge in [-0.3, -0.25) is 4.79 Å². The molecule has 3 unspecified atom stereocenters. The molecule has 2 aromatic carbocycles. The average molecular weight is 349 g/mol. The van der Waals surface area contributed by atoms with Crippen LogP contribution in [-0.2, 0) is 4.79 Å². The Hall–Kier alpha value is -2.34. The third kappa shape index (κ3) is 3.54. The van der Waals surface area contributed by atoms with Gasteiger partial charge >= 0.3 is 0 Å². The molecule has 25 heavy (non-hydrogen) atoms. The number of benzene rings is 2. The Kier molecular flexibility index (Phi) is 4.81. The van der Waals surface area contributed by atoms with Crippen LogP contribution < -0.4 is 0 Å². The molecule has 6 heteroatoms. The number of aliphatic hydroxyl groups excluding tert-OH is 1. The van der Waals surface area contributed by atoms with E-state index in [0.717, 1.165) is 18.2 Å². The Balaban J connectivity index is 1.91. The van der Waals surface area contributed by atoms with E-state index in [1.54, 1.807) is 13.0 Å². The lowest BCUT2D eigenvalue weighted by Crippen LogP contribution is -2.35. The van der Waals surface area contributed by atoms with Gasteiger partial charge in [-0.15, -0.1) is 0 Å². The predicted molar refractivity (Wildman–Crippen MR) is 86.3 cm³/mol. The molecule has 1 saturated heterocycles. The summed E-state index contributed by atoms with van der Waals surface area (Å²) < 4.78 is 41.1. The molecule has 0 bridgehead atoms. The summed E-state index contributed by atoms with van der Waals surface area (Å²) in [7, 11) is 0. The topological polar surface area (TPSA) is 40.5 Å². The number of β-amino-alcohol motifs (C(OH)–C–C–N with tert-alkyl or cyclic N) is 1. The first kappa shape index (κ1) is 17.5. The van der Waals surface area contributed by atoms with Crippen LogP contribution in [-0.4, -0.2) is 28.6 Å². The smallest absolute Gasteiger partial charge is 0.230 e. The summed E-state index contributed by atoms with van der Waals surface area (Å²) in [5.74, 6) is -2.72. The largest absolute Gasteiger partial charge is 0.391 e. The molecule has 3 atom stereocenters. The van der Waals surface area contributed by atoms with Gasteiger partial charge in [-0.05, 0) is 49.2 Å². The van der Waals surface area contributed by atoms with E-state index < -0.39 is 35.5 Å². The highest BCUT2D eigenvalue weighted by molar-refractivity contribution is 5.84. The van der Waals surface area contributed by atoms with Crippen molar-refractivity contribution in [3.63, 3.8) is 0 Å². The van der Waals surface area contributed by atoms with Crippen LogP contribution in [0.25, 0.3) is 0 Å². The zero-order valence-electron chi connectivity index (χ0n) is 13.6. The Morgan fingerprint density at radius 3 is 2.60 bits per heavy atom. The van der Waals surface area contributed by atoms with Gasteiger partial charge in [-0.25, -0.2) is 13.2 Å². The lowest BCUT2D eigenvalue weighted by molar-refractivity contribution is -0.133. The van der Waals surface area contributed by atoms with Crippen molar-refractivity contribution in [2.24, 2.45) is 0 Å². The molecule has 0 radical (unpaired) electrons. The van der Waals surface area contributed by atoms with E-state index in [-0.39, 0.29) is 24.4 Å². The molecular weight excluding hydrogens is 331 g/mol. The Labute approximate surface area is 143 Å². The highest BCUT2D eigenvalue weighted by Crippen LogP contribution is 2.36. The van der Waals surface area contributed by atoms with Gasteiger partial charge in [0, 0.05) is 12.1 Å². The number of carbonyl (C=O) groups is 1. The van der Waals surface area contributed by atoms with Crippen LogP contribution in [0.15, 0.2) is 42.5 Å². The molecule has 0 aliphatic carbocycles. The second kappa shape index (κ2) is 6.88. The van der Waals surface area contributed by atoms with Crippen LogP contribution in [0.2, 0.25) is 0 Å². The highest BCUT2D eigenvalue weighted by Gasteiger charge is 2.38. The molecular formula is C19H18F3NO2. The number of amides is 1. The van der Waals surface area contributed by atoms with Gasteiger partial charge in [0.1, 0.15) is 17.5 Å². The summed E-state index contributed by atoms with van der Waals surface area (Å²) in [6.45, 7) is 1.65. The number of nitrogens with zero attached hydrogens (tertiary/aromatic N) is 1. The quantitative estimate of drug-likeness (QED) is 0.921. The van der Waals surface area contributed by atoms with Gasteiger partial charge in [0.05, 0.1) is 18.1 Å². The lowest BCUT2D eigenvalue weighted by atomic mass is 9.97. The van der Waals surface area contributed by atoms with Gasteiger partial charge < -0.3 is 10.0 Å². The molecule has 1 amide bonds. The van der Waals surface area contributed by atoms with E-state index >= 15 is 0 Å². The van der Waals surface area contributed by atoms with Crippen LogP contribution >= 0.6 is 0 Å². The van der Waals surface area contributed by atoms with Crippen molar-refractivity contribution in [2.45, 2.75) is 31.4 Å². The fraction of sp³-hybridized carbons (Fsp3) is 0.316. The van der Waals surface area contributed by atoms with Crippen LogP contribution in [0.5, 0.6) is 0 Å². The van der Waals surface area contributed by atoms with Crippen molar-refractivity contribution in [1.82, 2.24) is 4.90 Å². The number of aliphatic hydroxyl groups is 1. The monoisotopic (exact) mass is 349 g/mol. The van der Waals surface area contributed by atoms with Crippen molar-refractivity contribution in [2.75, 3.05) is 6.54 Å². The van der Waals surface area contributed by atoms with Crippen molar-refractivity contribution >= 4 is 5.91 Å². The maximum Gasteiger partial charge on any atom is 0.230 e. The molecule has 3 rings (SSSR count). The summed E-state index contributed by atoms with van der Waals surface area (Å²) in [6, 6.07) is 8.00. The third-order valence-corrected chi connectivity index (χ3v) is 4.60. The van der Waals surface area contributed by atoms with E-state index in [1.807, 2.05) is 0 Å². The molecule has 1 fully saturated rings. The van der Waals surface area contributed by atoms with Crippen LogP contribution in [0.3, 0.4) is 0 Å². The van der Waals surface area contributed by atoms with Gasteiger partial charge in [-0.1, -0.05) is 12.1 Å². The van der Waals surface area contributed by atoms with Crippen molar-refractivity contribution < 1.29 is 23.1 Å². The number of hydrogen-bond donors (Lipinski definition) is 1. The lowest BCUT2D eigenvalue weighted by Gasteiger charge is -2.28. The Morgan fingerprint density at radius 2 is 1.88 bits per heavy atom. The van der Waals surface area contributed by atoms with E-state index in [1.165, 1.54) is 23.1 Å². The van der Waals surface area contributed by atoms with Crippen LogP contribution in [0.4, 0.5) is 13.2 Å². The Morgan fingerprint density at radius 1 is 1.16 bits per heavy atom. The van der Waals surface area contributed by atoms with Crippen LogP contribution in [0, 0.1) is 17.5 Å². The SMILES string of the molecule is CC(C(=O)N1CC(O)CC1c1cc(F)ccc1F)c1cccc(F)c1. The van der Waals surface area contributed by atoms with Crippen molar-refractivity contribution in [3.8, 4) is 0 Å². The van der Waals surface area contributed by atoms with E-state index in [9.17, 15) is 23.1 Å². The van der Waals surface area contributed by atoms with Gasteiger partial charge in [0.15, 0.2) is 0 Å². The number of likely N-dealkylation sites (tertiary alicyclic amines) is 1. The first-order valence-corrected chi connectivity index (χ1v) is 8.05.